The van der Waals surface area contributed by atoms with Gasteiger partial charge in [-0.15, -0.1) is 5.10 Å². The second-order valence-corrected chi connectivity index (χ2v) is 7.47. The van der Waals surface area contributed by atoms with Crippen LogP contribution in [0.1, 0.15) is 55.5 Å². The molecule has 0 atom stereocenters. The van der Waals surface area contributed by atoms with Crippen molar-refractivity contribution in [3.05, 3.63) is 65.5 Å². The normalized spacial score (nSPS) is 11.0. The molecule has 1 heterocycles. The highest BCUT2D eigenvalue weighted by molar-refractivity contribution is 5.97. The van der Waals surface area contributed by atoms with Gasteiger partial charge in [0.15, 0.2) is 5.82 Å². The third-order valence-electron chi connectivity index (χ3n) is 5.08. The van der Waals surface area contributed by atoms with Crippen molar-refractivity contribution < 1.29 is 18.7 Å². The number of aryl methyl sites for hydroxylation is 1. The van der Waals surface area contributed by atoms with E-state index in [0.717, 1.165) is 17.5 Å². The van der Waals surface area contributed by atoms with Gasteiger partial charge in [-0.2, -0.15) is 9.67 Å². The number of hydrogen-bond acceptors (Lipinski definition) is 5. The van der Waals surface area contributed by atoms with Crippen molar-refractivity contribution in [3.8, 4) is 17.4 Å². The number of carbonyl (C=O) groups is 1. The van der Waals surface area contributed by atoms with Crippen LogP contribution in [0.15, 0.2) is 48.5 Å². The predicted molar refractivity (Wildman–Crippen MR) is 121 cm³/mol. The molecular weight excluding hydrogens is 409 g/mol. The first-order valence-corrected chi connectivity index (χ1v) is 11.2. The van der Waals surface area contributed by atoms with Crippen molar-refractivity contribution in [1.29, 1.82) is 0 Å². The molecule has 3 rings (SSSR count). The number of rotatable bonds is 12. The molecule has 7 heteroatoms. The van der Waals surface area contributed by atoms with E-state index in [4.69, 9.17) is 9.47 Å². The van der Waals surface area contributed by atoms with Crippen molar-refractivity contribution in [2.75, 3.05) is 19.8 Å². The maximum Gasteiger partial charge on any atom is 0.336 e. The number of halogens is 1. The van der Waals surface area contributed by atoms with E-state index < -0.39 is 11.7 Å². The molecule has 0 saturated carbocycles. The average molecular weight is 440 g/mol. The summed E-state index contributed by atoms with van der Waals surface area (Å²) in [6, 6.07) is 13.6. The minimum Gasteiger partial charge on any atom is -0.460 e. The van der Waals surface area contributed by atoms with E-state index in [1.807, 2.05) is 19.1 Å². The summed E-state index contributed by atoms with van der Waals surface area (Å²) in [6.07, 6.45) is 5.75. The van der Waals surface area contributed by atoms with Gasteiger partial charge >= 0.3 is 6.01 Å². The molecular formula is C25H30FN3O3. The van der Waals surface area contributed by atoms with Crippen LogP contribution in [0.3, 0.4) is 0 Å². The molecule has 0 aliphatic rings. The zero-order chi connectivity index (χ0) is 22.8. The van der Waals surface area contributed by atoms with Crippen LogP contribution in [0, 0.1) is 5.82 Å². The first kappa shape index (κ1) is 23.6. The Morgan fingerprint density at radius 3 is 2.50 bits per heavy atom. The lowest BCUT2D eigenvalue weighted by molar-refractivity contribution is 0.0938. The molecule has 6 nitrogen and oxygen atoms in total. The lowest BCUT2D eigenvalue weighted by Crippen LogP contribution is -2.16. The van der Waals surface area contributed by atoms with E-state index in [-0.39, 0.29) is 24.0 Å². The van der Waals surface area contributed by atoms with E-state index >= 15 is 0 Å². The van der Waals surface area contributed by atoms with E-state index in [1.54, 1.807) is 30.3 Å². The van der Waals surface area contributed by atoms with Crippen LogP contribution >= 0.6 is 0 Å². The van der Waals surface area contributed by atoms with Gasteiger partial charge < -0.3 is 9.47 Å². The Morgan fingerprint density at radius 2 is 1.78 bits per heavy atom. The fourth-order valence-electron chi connectivity index (χ4n) is 3.34. The molecule has 0 aliphatic carbocycles. The highest BCUT2D eigenvalue weighted by atomic mass is 19.1. The number of carbonyl (C=O) groups excluding carboxylic acids is 1. The van der Waals surface area contributed by atoms with Crippen LogP contribution < -0.4 is 4.74 Å². The molecule has 0 N–H and O–H groups in total. The SMILES string of the molecule is CCCCCCc1ccc(C(=O)n2nc(OCCOCC)nc2-c2ccccc2F)cc1. The number of unbranched alkanes of at least 4 members (excludes halogenated alkanes) is 3. The summed E-state index contributed by atoms with van der Waals surface area (Å²) >= 11 is 0. The van der Waals surface area contributed by atoms with Crippen LogP contribution in [0.25, 0.3) is 11.4 Å². The second kappa shape index (κ2) is 12.1. The summed E-state index contributed by atoms with van der Waals surface area (Å²) in [7, 11) is 0. The monoisotopic (exact) mass is 439 g/mol. The van der Waals surface area contributed by atoms with Crippen LogP contribution in [0.4, 0.5) is 4.39 Å². The largest absolute Gasteiger partial charge is 0.460 e. The van der Waals surface area contributed by atoms with Crippen LogP contribution in [0.2, 0.25) is 0 Å². The van der Waals surface area contributed by atoms with Crippen molar-refractivity contribution in [3.63, 3.8) is 0 Å². The molecule has 170 valence electrons. The first-order valence-electron chi connectivity index (χ1n) is 11.2. The van der Waals surface area contributed by atoms with Gasteiger partial charge in [0.1, 0.15) is 12.4 Å². The van der Waals surface area contributed by atoms with Gasteiger partial charge in [-0.25, -0.2) is 4.39 Å². The first-order chi connectivity index (χ1) is 15.6. The van der Waals surface area contributed by atoms with E-state index in [9.17, 15) is 9.18 Å². The maximum absolute atomic E-state index is 14.5. The van der Waals surface area contributed by atoms with E-state index in [1.165, 1.54) is 30.9 Å². The molecule has 2 aromatic carbocycles. The third-order valence-corrected chi connectivity index (χ3v) is 5.08. The smallest absolute Gasteiger partial charge is 0.336 e. The molecule has 32 heavy (non-hydrogen) atoms. The van der Waals surface area contributed by atoms with Gasteiger partial charge in [-0.3, -0.25) is 4.79 Å². The topological polar surface area (TPSA) is 66.2 Å². The minimum atomic E-state index is -0.489. The standard InChI is InChI=1S/C25H30FN3O3/c1-3-5-6-7-10-19-13-15-20(16-14-19)24(30)29-23(21-11-8-9-12-22(21)26)27-25(28-29)32-18-17-31-4-2/h8-9,11-16H,3-7,10,17-18H2,1-2H3. The maximum atomic E-state index is 14.5. The number of hydrogen-bond donors (Lipinski definition) is 0. The average Bonchev–Trinajstić information content (AvgIpc) is 3.24. The van der Waals surface area contributed by atoms with Crippen molar-refractivity contribution in [2.45, 2.75) is 46.0 Å². The summed E-state index contributed by atoms with van der Waals surface area (Å²) in [6.45, 7) is 5.25. The fourth-order valence-corrected chi connectivity index (χ4v) is 3.34. The lowest BCUT2D eigenvalue weighted by atomic mass is 10.0. The van der Waals surface area contributed by atoms with Crippen LogP contribution in [0.5, 0.6) is 6.01 Å². The van der Waals surface area contributed by atoms with Gasteiger partial charge in [-0.1, -0.05) is 50.5 Å². The lowest BCUT2D eigenvalue weighted by Gasteiger charge is -2.07. The second-order valence-electron chi connectivity index (χ2n) is 7.47. The predicted octanol–water partition coefficient (Wildman–Crippen LogP) is 5.31. The van der Waals surface area contributed by atoms with Crippen molar-refractivity contribution in [2.24, 2.45) is 0 Å². The van der Waals surface area contributed by atoms with Gasteiger partial charge in [0, 0.05) is 12.2 Å². The highest BCUT2D eigenvalue weighted by Crippen LogP contribution is 2.24. The third kappa shape index (κ3) is 6.23. The zero-order valence-corrected chi connectivity index (χ0v) is 18.7. The molecule has 0 spiro atoms. The Balaban J connectivity index is 1.82. The van der Waals surface area contributed by atoms with Gasteiger partial charge in [0.25, 0.3) is 5.91 Å². The quantitative estimate of drug-likeness (QED) is 0.358. The molecule has 0 amide bonds. The highest BCUT2D eigenvalue weighted by Gasteiger charge is 2.22. The Kier molecular flexibility index (Phi) is 8.92. The number of nitrogens with zero attached hydrogens (tertiary/aromatic N) is 3. The molecule has 0 fully saturated rings. The zero-order valence-electron chi connectivity index (χ0n) is 18.7. The molecule has 0 saturated heterocycles. The van der Waals surface area contributed by atoms with E-state index in [0.29, 0.717) is 18.8 Å². The van der Waals surface area contributed by atoms with Crippen molar-refractivity contribution in [1.82, 2.24) is 14.8 Å². The Labute approximate surface area is 188 Å². The molecule has 0 bridgehead atoms. The molecule has 3 aromatic rings. The van der Waals surface area contributed by atoms with Gasteiger partial charge in [0.2, 0.25) is 0 Å². The fraction of sp³-hybridized carbons (Fsp3) is 0.400. The van der Waals surface area contributed by atoms with Crippen molar-refractivity contribution >= 4 is 5.91 Å². The minimum absolute atomic E-state index is 0.00357. The molecule has 1 aromatic heterocycles. The summed E-state index contributed by atoms with van der Waals surface area (Å²) in [5.74, 6) is -0.784. The number of aromatic nitrogens is 3. The van der Waals surface area contributed by atoms with E-state index in [2.05, 4.69) is 17.0 Å². The Morgan fingerprint density at radius 1 is 1.00 bits per heavy atom. The summed E-state index contributed by atoms with van der Waals surface area (Å²) in [4.78, 5) is 17.5. The van der Waals surface area contributed by atoms with Crippen LogP contribution in [-0.2, 0) is 11.2 Å². The molecule has 0 unspecified atom stereocenters. The number of benzene rings is 2. The summed E-state index contributed by atoms with van der Waals surface area (Å²) in [5.41, 5.74) is 1.82. The summed E-state index contributed by atoms with van der Waals surface area (Å²) in [5, 5.41) is 4.21. The summed E-state index contributed by atoms with van der Waals surface area (Å²) < 4.78 is 26.3. The van der Waals surface area contributed by atoms with Crippen LogP contribution in [-0.4, -0.2) is 40.5 Å². The Bertz CT molecular complexity index is 1000. The van der Waals surface area contributed by atoms with Gasteiger partial charge in [0.05, 0.1) is 12.2 Å². The molecule has 0 aliphatic heterocycles. The Hall–Kier alpha value is -3.06. The number of ether oxygens (including phenoxy) is 2. The molecule has 0 radical (unpaired) electrons. The van der Waals surface area contributed by atoms with Gasteiger partial charge in [-0.05, 0) is 49.6 Å².